The Labute approximate surface area is 102 Å². The van der Waals surface area contributed by atoms with Crippen LogP contribution in [0.3, 0.4) is 0 Å². The van der Waals surface area contributed by atoms with E-state index in [9.17, 15) is 9.18 Å². The summed E-state index contributed by atoms with van der Waals surface area (Å²) >= 11 is 0. The van der Waals surface area contributed by atoms with Gasteiger partial charge >= 0.3 is 0 Å². The molecule has 90 valence electrons. The maximum absolute atomic E-state index is 13.5. The lowest BCUT2D eigenvalue weighted by Crippen LogP contribution is -2.15. The molecule has 0 fully saturated rings. The van der Waals surface area contributed by atoms with Crippen molar-refractivity contribution in [3.63, 3.8) is 0 Å². The number of carbonyl (C=O) groups is 1. The van der Waals surface area contributed by atoms with Crippen LogP contribution in [0.2, 0.25) is 0 Å². The van der Waals surface area contributed by atoms with Crippen molar-refractivity contribution in [3.05, 3.63) is 46.9 Å². The molecule has 0 radical (unpaired) electrons. The van der Waals surface area contributed by atoms with Crippen molar-refractivity contribution in [2.45, 2.75) is 6.92 Å². The van der Waals surface area contributed by atoms with E-state index in [2.05, 4.69) is 15.5 Å². The van der Waals surface area contributed by atoms with Crippen LogP contribution >= 0.6 is 0 Å². The number of aromatic amines is 1. The van der Waals surface area contributed by atoms with Crippen molar-refractivity contribution in [2.75, 3.05) is 5.32 Å². The minimum absolute atomic E-state index is 0.0755. The fourth-order valence-electron chi connectivity index (χ4n) is 1.46. The summed E-state index contributed by atoms with van der Waals surface area (Å²) in [5.41, 5.74) is 0.886. The number of hydrogen-bond donors (Lipinski definition) is 2. The summed E-state index contributed by atoms with van der Waals surface area (Å²) in [6, 6.07) is 6.09. The molecule has 2 N–H and O–H groups in total. The zero-order chi connectivity index (χ0) is 13.1. The Morgan fingerprint density at radius 3 is 3.06 bits per heavy atom. The van der Waals surface area contributed by atoms with Crippen LogP contribution in [-0.4, -0.2) is 16.1 Å². The van der Waals surface area contributed by atoms with E-state index in [0.717, 1.165) is 5.56 Å². The summed E-state index contributed by atoms with van der Waals surface area (Å²) in [4.78, 5) is 11.8. The van der Waals surface area contributed by atoms with Gasteiger partial charge in [-0.1, -0.05) is 11.6 Å². The van der Waals surface area contributed by atoms with Gasteiger partial charge in [0.25, 0.3) is 5.91 Å². The number of carbonyl (C=O) groups excluding carboxylic acids is 1. The number of nitrogens with zero attached hydrogens (tertiary/aromatic N) is 2. The maximum atomic E-state index is 13.5. The lowest BCUT2D eigenvalue weighted by molar-refractivity contribution is 0.102. The SMILES string of the molecule is Cc1ccc(F)c(C(=O)Nc2[nH]ncc2C#N)c1. The Kier molecular flexibility index (Phi) is 3.06. The number of anilines is 1. The van der Waals surface area contributed by atoms with Crippen molar-refractivity contribution in [1.82, 2.24) is 10.2 Å². The lowest BCUT2D eigenvalue weighted by Gasteiger charge is -2.05. The summed E-state index contributed by atoms with van der Waals surface area (Å²) in [7, 11) is 0. The Balaban J connectivity index is 2.28. The highest BCUT2D eigenvalue weighted by Gasteiger charge is 2.14. The molecule has 6 heteroatoms. The van der Waals surface area contributed by atoms with E-state index in [0.29, 0.717) is 0 Å². The van der Waals surface area contributed by atoms with E-state index >= 15 is 0 Å². The van der Waals surface area contributed by atoms with Gasteiger partial charge in [0.05, 0.1) is 11.8 Å². The molecule has 1 heterocycles. The minimum Gasteiger partial charge on any atom is -0.306 e. The maximum Gasteiger partial charge on any atom is 0.259 e. The van der Waals surface area contributed by atoms with Gasteiger partial charge in [0.15, 0.2) is 0 Å². The molecule has 0 atom stereocenters. The molecule has 0 saturated carbocycles. The number of aromatic nitrogens is 2. The largest absolute Gasteiger partial charge is 0.306 e. The molecule has 1 amide bonds. The van der Waals surface area contributed by atoms with Crippen LogP contribution < -0.4 is 5.32 Å². The van der Waals surface area contributed by atoms with Crippen molar-refractivity contribution in [3.8, 4) is 6.07 Å². The molecule has 0 aliphatic rings. The van der Waals surface area contributed by atoms with Gasteiger partial charge in [0.2, 0.25) is 0 Å². The monoisotopic (exact) mass is 244 g/mol. The lowest BCUT2D eigenvalue weighted by atomic mass is 10.1. The summed E-state index contributed by atoms with van der Waals surface area (Å²) < 4.78 is 13.5. The van der Waals surface area contributed by atoms with Crippen LogP contribution in [-0.2, 0) is 0 Å². The molecular weight excluding hydrogens is 235 g/mol. The van der Waals surface area contributed by atoms with Gasteiger partial charge in [0, 0.05) is 0 Å². The molecule has 18 heavy (non-hydrogen) atoms. The number of nitrogens with one attached hydrogen (secondary N) is 2. The standard InChI is InChI=1S/C12H9FN4O/c1-7-2-3-10(13)9(4-7)12(18)16-11-8(5-14)6-15-17-11/h2-4,6H,1H3,(H2,15,16,17,18). The quantitative estimate of drug-likeness (QED) is 0.847. The molecular formula is C12H9FN4O. The highest BCUT2D eigenvalue weighted by atomic mass is 19.1. The van der Waals surface area contributed by atoms with E-state index in [-0.39, 0.29) is 16.9 Å². The van der Waals surface area contributed by atoms with E-state index in [1.165, 1.54) is 18.3 Å². The van der Waals surface area contributed by atoms with Gasteiger partial charge in [-0.25, -0.2) is 4.39 Å². The molecule has 5 nitrogen and oxygen atoms in total. The first-order valence-corrected chi connectivity index (χ1v) is 5.13. The molecule has 0 aliphatic heterocycles. The number of hydrogen-bond acceptors (Lipinski definition) is 3. The summed E-state index contributed by atoms with van der Waals surface area (Å²) in [5, 5.41) is 17.2. The second-order valence-electron chi connectivity index (χ2n) is 3.71. The number of aryl methyl sites for hydroxylation is 1. The number of amides is 1. The molecule has 0 spiro atoms. The van der Waals surface area contributed by atoms with Crippen molar-refractivity contribution < 1.29 is 9.18 Å². The highest BCUT2D eigenvalue weighted by molar-refractivity contribution is 6.04. The van der Waals surface area contributed by atoms with Gasteiger partial charge < -0.3 is 5.32 Å². The first-order chi connectivity index (χ1) is 8.61. The zero-order valence-electron chi connectivity index (χ0n) is 9.49. The van der Waals surface area contributed by atoms with Crippen LogP contribution in [0.1, 0.15) is 21.5 Å². The van der Waals surface area contributed by atoms with Crippen LogP contribution in [0.5, 0.6) is 0 Å². The molecule has 0 saturated heterocycles. The Bertz CT molecular complexity index is 642. The predicted molar refractivity (Wildman–Crippen MR) is 62.4 cm³/mol. The number of H-pyrrole nitrogens is 1. The molecule has 1 aromatic heterocycles. The fraction of sp³-hybridized carbons (Fsp3) is 0.0833. The minimum atomic E-state index is -0.628. The Morgan fingerprint density at radius 2 is 2.33 bits per heavy atom. The predicted octanol–water partition coefficient (Wildman–Crippen LogP) is 1.98. The van der Waals surface area contributed by atoms with Gasteiger partial charge in [-0.2, -0.15) is 10.4 Å². The third kappa shape index (κ3) is 2.20. The van der Waals surface area contributed by atoms with Gasteiger partial charge in [-0.15, -0.1) is 0 Å². The average Bonchev–Trinajstić information content (AvgIpc) is 2.79. The molecule has 2 rings (SSSR count). The second kappa shape index (κ2) is 4.67. The normalized spacial score (nSPS) is 9.83. The third-order valence-electron chi connectivity index (χ3n) is 2.36. The zero-order valence-corrected chi connectivity index (χ0v) is 9.49. The molecule has 0 aliphatic carbocycles. The molecule has 1 aromatic carbocycles. The number of nitriles is 1. The second-order valence-corrected chi connectivity index (χ2v) is 3.71. The van der Waals surface area contributed by atoms with E-state index < -0.39 is 11.7 Å². The van der Waals surface area contributed by atoms with Gasteiger partial charge in [0.1, 0.15) is 23.3 Å². The summed E-state index contributed by atoms with van der Waals surface area (Å²) in [6.07, 6.45) is 1.28. The van der Waals surface area contributed by atoms with E-state index in [4.69, 9.17) is 5.26 Å². The average molecular weight is 244 g/mol. The summed E-state index contributed by atoms with van der Waals surface area (Å²) in [6.45, 7) is 1.76. The third-order valence-corrected chi connectivity index (χ3v) is 2.36. The number of rotatable bonds is 2. The fourth-order valence-corrected chi connectivity index (χ4v) is 1.46. The first-order valence-electron chi connectivity index (χ1n) is 5.13. The van der Waals surface area contributed by atoms with Crippen molar-refractivity contribution in [1.29, 1.82) is 5.26 Å². The van der Waals surface area contributed by atoms with Gasteiger partial charge in [-0.3, -0.25) is 9.89 Å². The van der Waals surface area contributed by atoms with Crippen molar-refractivity contribution in [2.24, 2.45) is 0 Å². The topological polar surface area (TPSA) is 81.6 Å². The smallest absolute Gasteiger partial charge is 0.259 e. The highest BCUT2D eigenvalue weighted by Crippen LogP contribution is 2.14. The number of benzene rings is 1. The van der Waals surface area contributed by atoms with Crippen LogP contribution in [0.25, 0.3) is 0 Å². The Morgan fingerprint density at radius 1 is 1.56 bits per heavy atom. The van der Waals surface area contributed by atoms with Gasteiger partial charge in [-0.05, 0) is 19.1 Å². The van der Waals surface area contributed by atoms with Crippen LogP contribution in [0, 0.1) is 24.1 Å². The van der Waals surface area contributed by atoms with E-state index in [1.807, 2.05) is 6.07 Å². The van der Waals surface area contributed by atoms with Crippen LogP contribution in [0.15, 0.2) is 24.4 Å². The van der Waals surface area contributed by atoms with Crippen LogP contribution in [0.4, 0.5) is 10.2 Å². The molecule has 0 unspecified atom stereocenters. The molecule has 2 aromatic rings. The van der Waals surface area contributed by atoms with Crippen molar-refractivity contribution >= 4 is 11.7 Å². The Hall–Kier alpha value is -2.68. The first kappa shape index (κ1) is 11.8. The number of halogens is 1. The molecule has 0 bridgehead atoms. The summed E-state index contributed by atoms with van der Waals surface area (Å²) in [5.74, 6) is -1.09. The van der Waals surface area contributed by atoms with E-state index in [1.54, 1.807) is 13.0 Å².